The van der Waals surface area contributed by atoms with Gasteiger partial charge in [-0.05, 0) is 23.6 Å². The Morgan fingerprint density at radius 1 is 1.03 bits per heavy atom. The van der Waals surface area contributed by atoms with Gasteiger partial charge in [-0.2, -0.15) is 0 Å². The number of carbonyl (C=O) groups excluding carboxylic acids is 3. The maximum absolute atomic E-state index is 13.0. The van der Waals surface area contributed by atoms with E-state index in [0.29, 0.717) is 11.6 Å². The highest BCUT2D eigenvalue weighted by Gasteiger charge is 2.39. The van der Waals surface area contributed by atoms with E-state index in [0.717, 1.165) is 10.9 Å². The van der Waals surface area contributed by atoms with Gasteiger partial charge in [-0.1, -0.05) is 30.3 Å². The van der Waals surface area contributed by atoms with E-state index in [1.165, 1.54) is 35.8 Å². The average Bonchev–Trinajstić information content (AvgIpc) is 3.52. The van der Waals surface area contributed by atoms with Crippen LogP contribution >= 0.6 is 11.3 Å². The van der Waals surface area contributed by atoms with Gasteiger partial charge in [-0.25, -0.2) is 9.78 Å². The lowest BCUT2D eigenvalue weighted by Gasteiger charge is -2.18. The first kappa shape index (κ1) is 20.5. The lowest BCUT2D eigenvalue weighted by molar-refractivity contribution is -0.385. The molecule has 1 aliphatic carbocycles. The molecule has 4 aromatic rings. The van der Waals surface area contributed by atoms with E-state index in [-0.39, 0.29) is 23.3 Å². The van der Waals surface area contributed by atoms with Gasteiger partial charge >= 0.3 is 5.97 Å². The van der Waals surface area contributed by atoms with Gasteiger partial charge in [0.05, 0.1) is 9.80 Å². The molecule has 2 aromatic carbocycles. The number of aromatic nitrogens is 1. The molecule has 0 amide bonds. The Labute approximate surface area is 189 Å². The molecule has 9 nitrogen and oxygen atoms in total. The first-order valence-corrected chi connectivity index (χ1v) is 10.5. The van der Waals surface area contributed by atoms with Crippen molar-refractivity contribution in [3.05, 3.63) is 104 Å². The predicted molar refractivity (Wildman–Crippen MR) is 115 cm³/mol. The number of ketones is 2. The zero-order chi connectivity index (χ0) is 23.1. The highest BCUT2D eigenvalue weighted by Crippen LogP contribution is 2.36. The monoisotopic (exact) mass is 460 g/mol. The van der Waals surface area contributed by atoms with E-state index in [4.69, 9.17) is 9.15 Å². The normalized spacial score (nSPS) is 12.2. The fourth-order valence-corrected chi connectivity index (χ4v) is 4.28. The number of rotatable bonds is 5. The lowest BCUT2D eigenvalue weighted by atomic mass is 9.82. The van der Waals surface area contributed by atoms with E-state index in [2.05, 4.69) is 4.98 Å². The van der Waals surface area contributed by atoms with Crippen molar-refractivity contribution in [2.24, 2.45) is 0 Å². The number of nitro groups is 1. The van der Waals surface area contributed by atoms with Crippen LogP contribution in [0.2, 0.25) is 0 Å². The predicted octanol–water partition coefficient (Wildman–Crippen LogP) is 4.44. The van der Waals surface area contributed by atoms with Crippen molar-refractivity contribution in [1.82, 2.24) is 4.98 Å². The number of oxazole rings is 1. The van der Waals surface area contributed by atoms with Crippen molar-refractivity contribution in [3.63, 3.8) is 0 Å². The third kappa shape index (κ3) is 3.42. The third-order valence-electron chi connectivity index (χ3n) is 5.10. The molecule has 33 heavy (non-hydrogen) atoms. The number of esters is 1. The Kier molecular flexibility index (Phi) is 4.91. The van der Waals surface area contributed by atoms with Gasteiger partial charge in [-0.15, -0.1) is 11.3 Å². The molecule has 0 N–H and O–H groups in total. The molecule has 0 fully saturated rings. The number of benzene rings is 2. The van der Waals surface area contributed by atoms with E-state index < -0.39 is 39.3 Å². The third-order valence-corrected chi connectivity index (χ3v) is 5.96. The summed E-state index contributed by atoms with van der Waals surface area (Å²) in [4.78, 5) is 54.6. The first-order chi connectivity index (χ1) is 16.0. The second-order valence-corrected chi connectivity index (χ2v) is 7.99. The highest BCUT2D eigenvalue weighted by molar-refractivity contribution is 7.13. The van der Waals surface area contributed by atoms with Gasteiger partial charge in [0.25, 0.3) is 5.69 Å². The molecule has 5 rings (SSSR count). The number of hydrogen-bond donors (Lipinski definition) is 0. The lowest BCUT2D eigenvalue weighted by Crippen LogP contribution is -2.23. The largest absolute Gasteiger partial charge is 0.455 e. The van der Waals surface area contributed by atoms with Crippen molar-refractivity contribution in [1.29, 1.82) is 0 Å². The minimum atomic E-state index is -1.02. The van der Waals surface area contributed by atoms with Gasteiger partial charge in [0.1, 0.15) is 29.7 Å². The summed E-state index contributed by atoms with van der Waals surface area (Å²) in [6, 6.07) is 12.1. The van der Waals surface area contributed by atoms with Crippen molar-refractivity contribution < 1.29 is 28.5 Å². The summed E-state index contributed by atoms with van der Waals surface area (Å²) < 4.78 is 10.6. The van der Waals surface area contributed by atoms with Gasteiger partial charge in [0.2, 0.25) is 11.7 Å². The average molecular weight is 460 g/mol. The molecule has 0 bridgehead atoms. The standard InChI is InChI=1S/C23H12N2O7S/c26-20-13-4-1-2-5-14(13)21(27)18-15(20)7-8-16(19(18)25(29)30)23(28)32-11-12-10-31-22(24-12)17-6-3-9-33-17/h1-10H,11H2. The molecule has 0 aliphatic heterocycles. The minimum Gasteiger partial charge on any atom is -0.455 e. The number of nitrogens with zero attached hydrogens (tertiary/aromatic N) is 2. The summed E-state index contributed by atoms with van der Waals surface area (Å²) in [5.41, 5.74) is -1.21. The van der Waals surface area contributed by atoms with Crippen LogP contribution in [0.3, 0.4) is 0 Å². The summed E-state index contributed by atoms with van der Waals surface area (Å²) in [7, 11) is 0. The Hall–Kier alpha value is -4.44. The van der Waals surface area contributed by atoms with E-state index in [1.807, 2.05) is 17.5 Å². The number of carbonyl (C=O) groups is 3. The molecular weight excluding hydrogens is 448 g/mol. The molecule has 1 aliphatic rings. The minimum absolute atomic E-state index is 0.0484. The van der Waals surface area contributed by atoms with Gasteiger partial charge in [-0.3, -0.25) is 19.7 Å². The molecule has 0 unspecified atom stereocenters. The van der Waals surface area contributed by atoms with Crippen LogP contribution in [-0.4, -0.2) is 27.4 Å². The number of ether oxygens (including phenoxy) is 1. The number of thiophene rings is 1. The number of fused-ring (bicyclic) bond motifs is 2. The molecule has 2 aromatic heterocycles. The van der Waals surface area contributed by atoms with Crippen LogP contribution in [0.15, 0.2) is 64.6 Å². The molecule has 162 valence electrons. The maximum atomic E-state index is 13.0. The van der Waals surface area contributed by atoms with Gasteiger partial charge < -0.3 is 9.15 Å². The maximum Gasteiger partial charge on any atom is 0.345 e. The molecule has 2 heterocycles. The smallest absolute Gasteiger partial charge is 0.345 e. The van der Waals surface area contributed by atoms with Gasteiger partial charge in [0.15, 0.2) is 5.78 Å². The molecule has 0 saturated heterocycles. The summed E-state index contributed by atoms with van der Waals surface area (Å²) in [5.74, 6) is -1.88. The van der Waals surface area contributed by atoms with E-state index in [1.54, 1.807) is 12.1 Å². The van der Waals surface area contributed by atoms with Crippen LogP contribution in [0.4, 0.5) is 5.69 Å². The van der Waals surface area contributed by atoms with Crippen LogP contribution < -0.4 is 0 Å². The van der Waals surface area contributed by atoms with Crippen LogP contribution in [0, 0.1) is 10.1 Å². The van der Waals surface area contributed by atoms with Crippen LogP contribution in [0.1, 0.15) is 47.9 Å². The summed E-state index contributed by atoms with van der Waals surface area (Å²) >= 11 is 1.43. The Balaban J connectivity index is 1.46. The van der Waals surface area contributed by atoms with E-state index >= 15 is 0 Å². The number of nitro benzene ring substituents is 1. The zero-order valence-corrected chi connectivity index (χ0v) is 17.5. The molecule has 10 heteroatoms. The Morgan fingerprint density at radius 2 is 1.79 bits per heavy atom. The molecule has 0 radical (unpaired) electrons. The van der Waals surface area contributed by atoms with Crippen molar-refractivity contribution in [3.8, 4) is 10.8 Å². The van der Waals surface area contributed by atoms with Crippen molar-refractivity contribution in [2.45, 2.75) is 6.61 Å². The molecule has 0 saturated carbocycles. The van der Waals surface area contributed by atoms with Crippen LogP contribution in [0.5, 0.6) is 0 Å². The van der Waals surface area contributed by atoms with Crippen LogP contribution in [0.25, 0.3) is 10.8 Å². The first-order valence-electron chi connectivity index (χ1n) is 9.61. The Bertz CT molecular complexity index is 1450. The van der Waals surface area contributed by atoms with Crippen molar-refractivity contribution >= 4 is 34.6 Å². The number of hydrogen-bond acceptors (Lipinski definition) is 9. The SMILES string of the molecule is O=C1c2ccccc2C(=O)c2c1ccc(C(=O)OCc1coc(-c3cccs3)n1)c2[N+](=O)[O-]. The van der Waals surface area contributed by atoms with E-state index in [9.17, 15) is 24.5 Å². The molecular formula is C23H12N2O7S. The summed E-state index contributed by atoms with van der Waals surface area (Å²) in [6.45, 7) is -0.294. The quantitative estimate of drug-likeness (QED) is 0.214. The van der Waals surface area contributed by atoms with Crippen molar-refractivity contribution in [2.75, 3.05) is 0 Å². The molecule has 0 atom stereocenters. The summed E-state index contributed by atoms with van der Waals surface area (Å²) in [5, 5.41) is 13.7. The fraction of sp³-hybridized carbons (Fsp3) is 0.0435. The fourth-order valence-electron chi connectivity index (χ4n) is 3.63. The topological polar surface area (TPSA) is 130 Å². The van der Waals surface area contributed by atoms with Crippen LogP contribution in [-0.2, 0) is 11.3 Å². The second kappa shape index (κ2) is 7.92. The highest BCUT2D eigenvalue weighted by atomic mass is 32.1. The van der Waals surface area contributed by atoms with Gasteiger partial charge in [0, 0.05) is 16.7 Å². The zero-order valence-electron chi connectivity index (χ0n) is 16.6. The second-order valence-electron chi connectivity index (χ2n) is 7.04. The summed E-state index contributed by atoms with van der Waals surface area (Å²) in [6.07, 6.45) is 1.32. The Morgan fingerprint density at radius 3 is 2.48 bits per heavy atom. The molecule has 0 spiro atoms.